The van der Waals surface area contributed by atoms with Crippen molar-refractivity contribution in [2.24, 2.45) is 0 Å². The number of hydrogen-bond acceptors (Lipinski definition) is 5. The van der Waals surface area contributed by atoms with E-state index in [1.54, 1.807) is 12.1 Å². The molecular weight excluding hydrogens is 236 g/mol. The van der Waals surface area contributed by atoms with E-state index in [0.29, 0.717) is 13.1 Å². The first-order valence-electron chi connectivity index (χ1n) is 5.82. The molecule has 0 radical (unpaired) electrons. The summed E-state index contributed by atoms with van der Waals surface area (Å²) < 4.78 is 5.02. The molecule has 0 unspecified atom stereocenters. The van der Waals surface area contributed by atoms with Gasteiger partial charge in [-0.1, -0.05) is 6.07 Å². The highest BCUT2D eigenvalue weighted by atomic mass is 16.6. The van der Waals surface area contributed by atoms with E-state index in [0.717, 1.165) is 18.5 Å². The van der Waals surface area contributed by atoms with Gasteiger partial charge in [0.25, 0.3) is 0 Å². The molecule has 18 heavy (non-hydrogen) atoms. The summed E-state index contributed by atoms with van der Waals surface area (Å²) in [7, 11) is 1.42. The number of aliphatic hydroxyl groups is 1. The van der Waals surface area contributed by atoms with Crippen LogP contribution in [0.4, 0.5) is 5.69 Å². The molecule has 1 atom stereocenters. The van der Waals surface area contributed by atoms with E-state index < -0.39 is 4.92 Å². The maximum Gasteiger partial charge on any atom is 0.310 e. The Hall–Kier alpha value is -1.66. The van der Waals surface area contributed by atoms with Crippen molar-refractivity contribution in [2.75, 3.05) is 20.2 Å². The van der Waals surface area contributed by atoms with Gasteiger partial charge in [0.15, 0.2) is 5.75 Å². The summed E-state index contributed by atoms with van der Waals surface area (Å²) >= 11 is 0. The molecule has 6 nitrogen and oxygen atoms in total. The van der Waals surface area contributed by atoms with Crippen molar-refractivity contribution in [2.45, 2.75) is 19.1 Å². The minimum atomic E-state index is -0.456. The van der Waals surface area contributed by atoms with Crippen LogP contribution in [0.1, 0.15) is 12.0 Å². The Morgan fingerprint density at radius 3 is 2.94 bits per heavy atom. The Bertz CT molecular complexity index is 450. The number of methoxy groups -OCH3 is 1. The summed E-state index contributed by atoms with van der Waals surface area (Å²) in [6.45, 7) is 2.17. The smallest absolute Gasteiger partial charge is 0.310 e. The fourth-order valence-electron chi connectivity index (χ4n) is 2.19. The Kier molecular flexibility index (Phi) is 3.78. The van der Waals surface area contributed by atoms with Gasteiger partial charge < -0.3 is 9.84 Å². The molecule has 0 aromatic heterocycles. The molecule has 1 aromatic carbocycles. The van der Waals surface area contributed by atoms with Gasteiger partial charge in [-0.2, -0.15) is 0 Å². The fraction of sp³-hybridized carbons (Fsp3) is 0.500. The monoisotopic (exact) mass is 252 g/mol. The Morgan fingerprint density at radius 2 is 2.39 bits per heavy atom. The third-order valence-corrected chi connectivity index (χ3v) is 3.09. The third kappa shape index (κ3) is 2.77. The minimum absolute atomic E-state index is 0.0253. The molecule has 1 aromatic rings. The molecule has 1 heterocycles. The van der Waals surface area contributed by atoms with E-state index in [1.807, 2.05) is 0 Å². The van der Waals surface area contributed by atoms with Crippen LogP contribution in [0.25, 0.3) is 0 Å². The molecule has 1 saturated heterocycles. The maximum atomic E-state index is 10.8. The summed E-state index contributed by atoms with van der Waals surface area (Å²) in [6.07, 6.45) is 0.523. The summed E-state index contributed by atoms with van der Waals surface area (Å²) in [4.78, 5) is 12.4. The molecule has 6 heteroatoms. The van der Waals surface area contributed by atoms with Crippen molar-refractivity contribution in [3.63, 3.8) is 0 Å². The van der Waals surface area contributed by atoms with Gasteiger partial charge in [0.2, 0.25) is 0 Å². The number of hydrogen-bond donors (Lipinski definition) is 1. The number of rotatable bonds is 4. The molecule has 0 saturated carbocycles. The Labute approximate surface area is 105 Å². The maximum absolute atomic E-state index is 10.8. The first-order chi connectivity index (χ1) is 8.60. The van der Waals surface area contributed by atoms with Gasteiger partial charge in [-0.15, -0.1) is 0 Å². The lowest BCUT2D eigenvalue weighted by atomic mass is 10.2. The zero-order valence-corrected chi connectivity index (χ0v) is 10.2. The average Bonchev–Trinajstić information content (AvgIpc) is 2.74. The lowest BCUT2D eigenvalue weighted by Gasteiger charge is -2.15. The van der Waals surface area contributed by atoms with Crippen molar-refractivity contribution in [3.05, 3.63) is 33.9 Å². The van der Waals surface area contributed by atoms with Gasteiger partial charge >= 0.3 is 5.69 Å². The zero-order valence-electron chi connectivity index (χ0n) is 10.2. The van der Waals surface area contributed by atoms with E-state index in [9.17, 15) is 15.2 Å². The van der Waals surface area contributed by atoms with Crippen LogP contribution in [0.2, 0.25) is 0 Å². The molecule has 0 amide bonds. The van der Waals surface area contributed by atoms with E-state index in [4.69, 9.17) is 4.74 Å². The zero-order chi connectivity index (χ0) is 13.1. The van der Waals surface area contributed by atoms with Gasteiger partial charge in [-0.25, -0.2) is 0 Å². The van der Waals surface area contributed by atoms with Crippen LogP contribution in [0.3, 0.4) is 0 Å². The molecule has 0 bridgehead atoms. The normalized spacial score (nSPS) is 20.0. The van der Waals surface area contributed by atoms with Crippen LogP contribution in [-0.4, -0.2) is 41.2 Å². The predicted molar refractivity (Wildman–Crippen MR) is 65.5 cm³/mol. The SMILES string of the molecule is COc1cc(CN2CC[C@H](O)C2)ccc1[N+](=O)[O-]. The number of β-amino-alcohol motifs (C(OH)–C–C–N with tert-alkyl or cyclic N) is 1. The van der Waals surface area contributed by atoms with Crippen LogP contribution in [0.15, 0.2) is 18.2 Å². The highest BCUT2D eigenvalue weighted by Gasteiger charge is 2.21. The van der Waals surface area contributed by atoms with Crippen molar-refractivity contribution < 1.29 is 14.8 Å². The highest BCUT2D eigenvalue weighted by Crippen LogP contribution is 2.28. The first kappa shape index (κ1) is 12.8. The number of aliphatic hydroxyl groups excluding tert-OH is 1. The van der Waals surface area contributed by atoms with E-state index in [2.05, 4.69) is 4.90 Å². The molecule has 1 aliphatic heterocycles. The third-order valence-electron chi connectivity index (χ3n) is 3.09. The quantitative estimate of drug-likeness (QED) is 0.643. The largest absolute Gasteiger partial charge is 0.490 e. The van der Waals surface area contributed by atoms with Crippen LogP contribution >= 0.6 is 0 Å². The molecule has 1 aliphatic rings. The minimum Gasteiger partial charge on any atom is -0.490 e. The Morgan fingerprint density at radius 1 is 1.61 bits per heavy atom. The van der Waals surface area contributed by atoms with E-state index in [1.165, 1.54) is 13.2 Å². The summed E-state index contributed by atoms with van der Waals surface area (Å²) in [5, 5.41) is 20.2. The van der Waals surface area contributed by atoms with Gasteiger partial charge in [-0.05, 0) is 18.1 Å². The van der Waals surface area contributed by atoms with Gasteiger partial charge in [0, 0.05) is 25.7 Å². The molecular formula is C12H16N2O4. The number of nitro benzene ring substituents is 1. The summed E-state index contributed by atoms with van der Waals surface area (Å²) in [5.74, 6) is 0.275. The van der Waals surface area contributed by atoms with Crippen LogP contribution in [-0.2, 0) is 6.54 Å². The van der Waals surface area contributed by atoms with Crippen LogP contribution in [0.5, 0.6) is 5.75 Å². The number of nitro groups is 1. The van der Waals surface area contributed by atoms with Crippen LogP contribution < -0.4 is 4.74 Å². The molecule has 0 spiro atoms. The second kappa shape index (κ2) is 5.32. The summed E-state index contributed by atoms with van der Waals surface area (Å²) in [6, 6.07) is 4.87. The number of likely N-dealkylation sites (tertiary alicyclic amines) is 1. The number of nitrogens with zero attached hydrogens (tertiary/aromatic N) is 2. The molecule has 0 aliphatic carbocycles. The average molecular weight is 252 g/mol. The van der Waals surface area contributed by atoms with Crippen LogP contribution in [0, 0.1) is 10.1 Å². The van der Waals surface area contributed by atoms with Crippen molar-refractivity contribution in [3.8, 4) is 5.75 Å². The van der Waals surface area contributed by atoms with Gasteiger partial charge in [0.1, 0.15) is 0 Å². The Balaban J connectivity index is 2.12. The van der Waals surface area contributed by atoms with Crippen molar-refractivity contribution in [1.82, 2.24) is 4.90 Å². The standard InChI is InChI=1S/C12H16N2O4/c1-18-12-6-9(2-3-11(12)14(16)17)7-13-5-4-10(15)8-13/h2-3,6,10,15H,4-5,7-8H2,1H3/t10-/m0/s1. The fourth-order valence-corrected chi connectivity index (χ4v) is 2.19. The molecule has 1 fully saturated rings. The number of benzene rings is 1. The van der Waals surface area contributed by atoms with Gasteiger partial charge in [0.05, 0.1) is 18.1 Å². The first-order valence-corrected chi connectivity index (χ1v) is 5.82. The lowest BCUT2D eigenvalue weighted by molar-refractivity contribution is -0.385. The molecule has 98 valence electrons. The lowest BCUT2D eigenvalue weighted by Crippen LogP contribution is -2.21. The number of ether oxygens (including phenoxy) is 1. The van der Waals surface area contributed by atoms with E-state index >= 15 is 0 Å². The molecule has 2 rings (SSSR count). The van der Waals surface area contributed by atoms with E-state index in [-0.39, 0.29) is 17.5 Å². The summed E-state index contributed by atoms with van der Waals surface area (Å²) in [5.41, 5.74) is 0.925. The van der Waals surface area contributed by atoms with Crippen molar-refractivity contribution >= 4 is 5.69 Å². The molecule has 1 N–H and O–H groups in total. The topological polar surface area (TPSA) is 75.8 Å². The van der Waals surface area contributed by atoms with Gasteiger partial charge in [-0.3, -0.25) is 15.0 Å². The second-order valence-electron chi connectivity index (χ2n) is 4.44. The van der Waals surface area contributed by atoms with Crippen molar-refractivity contribution in [1.29, 1.82) is 0 Å². The predicted octanol–water partition coefficient (Wildman–Crippen LogP) is 1.17. The second-order valence-corrected chi connectivity index (χ2v) is 4.44. The highest BCUT2D eigenvalue weighted by molar-refractivity contribution is 5.48.